The quantitative estimate of drug-likeness (QED) is 0.739. The highest BCUT2D eigenvalue weighted by atomic mass is 16.5. The van der Waals surface area contributed by atoms with Crippen LogP contribution in [0.1, 0.15) is 0 Å². The van der Waals surface area contributed by atoms with Crippen molar-refractivity contribution in [3.63, 3.8) is 0 Å². The van der Waals surface area contributed by atoms with Gasteiger partial charge in [-0.2, -0.15) is 5.10 Å². The first-order chi connectivity index (χ1) is 12.2. The number of methoxy groups -OCH3 is 2. The van der Waals surface area contributed by atoms with Crippen LogP contribution in [0.15, 0.2) is 49.1 Å². The van der Waals surface area contributed by atoms with Crippen molar-refractivity contribution in [2.45, 2.75) is 0 Å². The molecule has 0 aliphatic carbocycles. The molecule has 0 unspecified atom stereocenters. The summed E-state index contributed by atoms with van der Waals surface area (Å²) in [5.74, 6) is 1.98. The van der Waals surface area contributed by atoms with Crippen LogP contribution in [0.2, 0.25) is 0 Å². The van der Waals surface area contributed by atoms with E-state index >= 15 is 0 Å². The van der Waals surface area contributed by atoms with Gasteiger partial charge in [0.1, 0.15) is 23.6 Å². The standard InChI is InChI=1S/C16H16N6O3/c1-24-11-4-5-13(25-2)12(8-11)20-16(23)21-14-9-15(18-10-17-14)22-7-3-6-19-22/h3-10H,1-2H3,(H2,17,18,20,21,23). The number of urea groups is 1. The van der Waals surface area contributed by atoms with Gasteiger partial charge in [-0.05, 0) is 18.2 Å². The maximum absolute atomic E-state index is 12.2. The Balaban J connectivity index is 1.74. The van der Waals surface area contributed by atoms with Gasteiger partial charge in [-0.3, -0.25) is 5.32 Å². The topological polar surface area (TPSA) is 103 Å². The number of nitrogens with zero attached hydrogens (tertiary/aromatic N) is 4. The van der Waals surface area contributed by atoms with Crippen molar-refractivity contribution >= 4 is 17.5 Å². The molecule has 2 heterocycles. The molecule has 3 rings (SSSR count). The molecule has 0 aliphatic rings. The molecule has 0 radical (unpaired) electrons. The molecule has 0 atom stereocenters. The molecule has 2 N–H and O–H groups in total. The molecule has 0 bridgehead atoms. The summed E-state index contributed by atoms with van der Waals surface area (Å²) in [4.78, 5) is 20.4. The summed E-state index contributed by atoms with van der Waals surface area (Å²) in [6, 6.07) is 8.01. The van der Waals surface area contributed by atoms with Crippen LogP contribution in [0, 0.1) is 0 Å². The molecule has 2 aromatic heterocycles. The molecule has 0 saturated heterocycles. The van der Waals surface area contributed by atoms with Crippen molar-refractivity contribution in [2.24, 2.45) is 0 Å². The Morgan fingerprint density at radius 1 is 1.12 bits per heavy atom. The Labute approximate surface area is 143 Å². The minimum atomic E-state index is -0.475. The number of rotatable bonds is 5. The molecule has 25 heavy (non-hydrogen) atoms. The van der Waals surface area contributed by atoms with Gasteiger partial charge in [-0.25, -0.2) is 19.4 Å². The molecule has 1 aromatic carbocycles. The molecule has 0 fully saturated rings. The van der Waals surface area contributed by atoms with Gasteiger partial charge in [-0.1, -0.05) is 0 Å². The summed E-state index contributed by atoms with van der Waals surface area (Å²) in [6.45, 7) is 0. The zero-order valence-corrected chi connectivity index (χ0v) is 13.6. The molecule has 0 saturated carbocycles. The van der Waals surface area contributed by atoms with Gasteiger partial charge in [0.2, 0.25) is 0 Å². The second-order valence-electron chi connectivity index (χ2n) is 4.86. The van der Waals surface area contributed by atoms with Crippen molar-refractivity contribution in [3.8, 4) is 17.3 Å². The maximum Gasteiger partial charge on any atom is 0.324 e. The van der Waals surface area contributed by atoms with Crippen LogP contribution in [0.25, 0.3) is 5.82 Å². The van der Waals surface area contributed by atoms with Crippen molar-refractivity contribution in [3.05, 3.63) is 49.1 Å². The highest BCUT2D eigenvalue weighted by Gasteiger charge is 2.10. The molecular weight excluding hydrogens is 324 g/mol. The van der Waals surface area contributed by atoms with E-state index in [9.17, 15) is 4.79 Å². The Bertz CT molecular complexity index is 866. The van der Waals surface area contributed by atoms with Gasteiger partial charge in [0.05, 0.1) is 19.9 Å². The third-order valence-corrected chi connectivity index (χ3v) is 3.29. The van der Waals surface area contributed by atoms with E-state index in [4.69, 9.17) is 9.47 Å². The third kappa shape index (κ3) is 3.83. The fourth-order valence-electron chi connectivity index (χ4n) is 2.13. The normalized spacial score (nSPS) is 10.2. The van der Waals surface area contributed by atoms with Crippen LogP contribution in [-0.4, -0.2) is 40.0 Å². The van der Waals surface area contributed by atoms with E-state index in [-0.39, 0.29) is 0 Å². The minimum Gasteiger partial charge on any atom is -0.497 e. The van der Waals surface area contributed by atoms with Gasteiger partial charge in [0.15, 0.2) is 5.82 Å². The third-order valence-electron chi connectivity index (χ3n) is 3.29. The monoisotopic (exact) mass is 340 g/mol. The first-order valence-electron chi connectivity index (χ1n) is 7.31. The summed E-state index contributed by atoms with van der Waals surface area (Å²) in [5, 5.41) is 9.43. The summed E-state index contributed by atoms with van der Waals surface area (Å²) >= 11 is 0. The smallest absolute Gasteiger partial charge is 0.324 e. The molecular formula is C16H16N6O3. The fourth-order valence-corrected chi connectivity index (χ4v) is 2.13. The molecule has 2 amide bonds. The molecule has 128 valence electrons. The van der Waals surface area contributed by atoms with Crippen molar-refractivity contribution < 1.29 is 14.3 Å². The number of benzene rings is 1. The zero-order valence-electron chi connectivity index (χ0n) is 13.6. The lowest BCUT2D eigenvalue weighted by atomic mass is 10.2. The summed E-state index contributed by atoms with van der Waals surface area (Å²) in [5.41, 5.74) is 0.473. The molecule has 9 heteroatoms. The van der Waals surface area contributed by atoms with Crippen LogP contribution < -0.4 is 20.1 Å². The lowest BCUT2D eigenvalue weighted by Crippen LogP contribution is -2.20. The predicted octanol–water partition coefficient (Wildman–Crippen LogP) is 2.32. The van der Waals surface area contributed by atoms with Crippen LogP contribution in [-0.2, 0) is 0 Å². The number of anilines is 2. The number of nitrogens with one attached hydrogen (secondary N) is 2. The first-order valence-corrected chi connectivity index (χ1v) is 7.31. The van der Waals surface area contributed by atoms with Crippen LogP contribution >= 0.6 is 0 Å². The van der Waals surface area contributed by atoms with Crippen LogP contribution in [0.4, 0.5) is 16.3 Å². The highest BCUT2D eigenvalue weighted by Crippen LogP contribution is 2.28. The van der Waals surface area contributed by atoms with E-state index in [0.29, 0.717) is 28.8 Å². The Morgan fingerprint density at radius 3 is 2.72 bits per heavy atom. The van der Waals surface area contributed by atoms with Crippen LogP contribution in [0.5, 0.6) is 11.5 Å². The van der Waals surface area contributed by atoms with Gasteiger partial charge in [0, 0.05) is 24.5 Å². The van der Waals surface area contributed by atoms with E-state index in [0.717, 1.165) is 0 Å². The largest absolute Gasteiger partial charge is 0.497 e. The summed E-state index contributed by atoms with van der Waals surface area (Å²) in [7, 11) is 3.06. The second-order valence-corrected chi connectivity index (χ2v) is 4.86. The number of aromatic nitrogens is 4. The van der Waals surface area contributed by atoms with E-state index in [1.807, 2.05) is 0 Å². The molecule has 0 aliphatic heterocycles. The van der Waals surface area contributed by atoms with E-state index in [1.54, 1.807) is 54.5 Å². The Kier molecular flexibility index (Phi) is 4.74. The number of ether oxygens (including phenoxy) is 2. The SMILES string of the molecule is COc1ccc(OC)c(NC(=O)Nc2cc(-n3cccn3)ncn2)c1. The van der Waals surface area contributed by atoms with E-state index < -0.39 is 6.03 Å². The van der Waals surface area contributed by atoms with Crippen LogP contribution in [0.3, 0.4) is 0 Å². The van der Waals surface area contributed by atoms with Gasteiger partial charge in [0.25, 0.3) is 0 Å². The lowest BCUT2D eigenvalue weighted by Gasteiger charge is -2.12. The van der Waals surface area contributed by atoms with E-state index in [2.05, 4.69) is 25.7 Å². The maximum atomic E-state index is 12.2. The van der Waals surface area contributed by atoms with Gasteiger partial charge < -0.3 is 14.8 Å². The van der Waals surface area contributed by atoms with Gasteiger partial charge in [-0.15, -0.1) is 0 Å². The summed E-state index contributed by atoms with van der Waals surface area (Å²) < 4.78 is 11.9. The van der Waals surface area contributed by atoms with Gasteiger partial charge >= 0.3 is 6.03 Å². The molecule has 0 spiro atoms. The minimum absolute atomic E-state index is 0.333. The zero-order chi connectivity index (χ0) is 17.6. The van der Waals surface area contributed by atoms with Crippen molar-refractivity contribution in [2.75, 3.05) is 24.9 Å². The number of amides is 2. The number of carbonyl (C=O) groups excluding carboxylic acids is 1. The van der Waals surface area contributed by atoms with E-state index in [1.165, 1.54) is 13.4 Å². The van der Waals surface area contributed by atoms with Crippen molar-refractivity contribution in [1.82, 2.24) is 19.7 Å². The second kappa shape index (κ2) is 7.30. The van der Waals surface area contributed by atoms with Crippen molar-refractivity contribution in [1.29, 1.82) is 0 Å². The Morgan fingerprint density at radius 2 is 2.00 bits per heavy atom. The average molecular weight is 340 g/mol. The number of hydrogen-bond donors (Lipinski definition) is 2. The lowest BCUT2D eigenvalue weighted by molar-refractivity contribution is 0.262. The highest BCUT2D eigenvalue weighted by molar-refractivity contribution is 6.00. The molecule has 9 nitrogen and oxygen atoms in total. The number of hydrogen-bond acceptors (Lipinski definition) is 6. The average Bonchev–Trinajstić information content (AvgIpc) is 3.16. The molecule has 3 aromatic rings. The predicted molar refractivity (Wildman–Crippen MR) is 91.3 cm³/mol. The number of carbonyl (C=O) groups is 1. The fraction of sp³-hybridized carbons (Fsp3) is 0.125. The Hall–Kier alpha value is -3.62. The summed E-state index contributed by atoms with van der Waals surface area (Å²) in [6.07, 6.45) is 4.73. The first kappa shape index (κ1) is 16.2.